The molecule has 1 fully saturated rings. The maximum Gasteiger partial charge on any atom is 0.170 e. The van der Waals surface area contributed by atoms with Gasteiger partial charge in [0.05, 0.1) is 17.6 Å². The molecular weight excluding hydrogens is 252 g/mol. The molecule has 1 saturated carbocycles. The highest BCUT2D eigenvalue weighted by Gasteiger charge is 2.41. The molecule has 1 aromatic carbocycles. The molecule has 0 bridgehead atoms. The molecule has 0 N–H and O–H groups in total. The van der Waals surface area contributed by atoms with Gasteiger partial charge in [-0.25, -0.2) is 0 Å². The van der Waals surface area contributed by atoms with Crippen molar-refractivity contribution in [3.8, 4) is 0 Å². The first-order chi connectivity index (χ1) is 9.66. The van der Waals surface area contributed by atoms with E-state index >= 15 is 0 Å². The van der Waals surface area contributed by atoms with Crippen LogP contribution in [0.4, 0.5) is 0 Å². The van der Waals surface area contributed by atoms with E-state index in [1.165, 1.54) is 0 Å². The van der Waals surface area contributed by atoms with Gasteiger partial charge in [-0.1, -0.05) is 18.2 Å². The largest absolute Gasteiger partial charge is 0.370 e. The predicted molar refractivity (Wildman–Crippen MR) is 77.6 cm³/mol. The standard InChI is InChI=1S/C16H20N2O2/c1-18-14-8-4-3-7-12(14)13(17-18)11-15(19)16(20-2)9-5-6-10-16/h3-4,7-8H,5-6,9-11H2,1-2H3. The van der Waals surface area contributed by atoms with Crippen molar-refractivity contribution in [2.45, 2.75) is 37.7 Å². The Kier molecular flexibility index (Phi) is 3.34. The minimum Gasteiger partial charge on any atom is -0.370 e. The van der Waals surface area contributed by atoms with E-state index in [1.54, 1.807) is 7.11 Å². The van der Waals surface area contributed by atoms with E-state index in [-0.39, 0.29) is 5.78 Å². The number of carbonyl (C=O) groups is 1. The van der Waals surface area contributed by atoms with Crippen molar-refractivity contribution in [3.05, 3.63) is 30.0 Å². The first-order valence-corrected chi connectivity index (χ1v) is 7.15. The van der Waals surface area contributed by atoms with Crippen molar-refractivity contribution in [3.63, 3.8) is 0 Å². The molecule has 1 aliphatic carbocycles. The van der Waals surface area contributed by atoms with E-state index in [2.05, 4.69) is 5.10 Å². The quantitative estimate of drug-likeness (QED) is 0.859. The number of aryl methyl sites for hydroxylation is 1. The number of benzene rings is 1. The summed E-state index contributed by atoms with van der Waals surface area (Å²) in [5.74, 6) is 0.168. The lowest BCUT2D eigenvalue weighted by molar-refractivity contribution is -0.139. The molecule has 106 valence electrons. The van der Waals surface area contributed by atoms with Gasteiger partial charge in [-0.3, -0.25) is 9.48 Å². The predicted octanol–water partition coefficient (Wildman–Crippen LogP) is 2.64. The summed E-state index contributed by atoms with van der Waals surface area (Å²) >= 11 is 0. The highest BCUT2D eigenvalue weighted by molar-refractivity contribution is 5.93. The number of carbonyl (C=O) groups excluding carboxylic acids is 1. The van der Waals surface area contributed by atoms with E-state index in [9.17, 15) is 4.79 Å². The number of rotatable bonds is 4. The van der Waals surface area contributed by atoms with Crippen molar-refractivity contribution < 1.29 is 9.53 Å². The molecule has 0 amide bonds. The van der Waals surface area contributed by atoms with Gasteiger partial charge < -0.3 is 4.74 Å². The number of nitrogens with zero attached hydrogens (tertiary/aromatic N) is 2. The number of methoxy groups -OCH3 is 1. The smallest absolute Gasteiger partial charge is 0.170 e. The monoisotopic (exact) mass is 272 g/mol. The van der Waals surface area contributed by atoms with Crippen LogP contribution in [0.1, 0.15) is 31.4 Å². The molecule has 4 heteroatoms. The number of Topliss-reactive ketones (excluding diaryl/α,β-unsaturated/α-hetero) is 1. The first-order valence-electron chi connectivity index (χ1n) is 7.15. The number of hydrogen-bond acceptors (Lipinski definition) is 3. The van der Waals surface area contributed by atoms with Crippen LogP contribution >= 0.6 is 0 Å². The number of ketones is 1. The third-order valence-corrected chi connectivity index (χ3v) is 4.47. The van der Waals surface area contributed by atoms with Crippen molar-refractivity contribution in [2.24, 2.45) is 7.05 Å². The van der Waals surface area contributed by atoms with Crippen molar-refractivity contribution in [1.82, 2.24) is 9.78 Å². The fraction of sp³-hybridized carbons (Fsp3) is 0.500. The first kappa shape index (κ1) is 13.3. The highest BCUT2D eigenvalue weighted by Crippen LogP contribution is 2.34. The van der Waals surface area contributed by atoms with Crippen LogP contribution in [0.5, 0.6) is 0 Å². The lowest BCUT2D eigenvalue weighted by Crippen LogP contribution is -2.39. The Morgan fingerprint density at radius 2 is 2.05 bits per heavy atom. The molecule has 0 radical (unpaired) electrons. The molecule has 0 unspecified atom stereocenters. The minimum atomic E-state index is -0.571. The molecule has 1 aliphatic rings. The molecule has 3 rings (SSSR count). The van der Waals surface area contributed by atoms with Crippen LogP contribution in [-0.4, -0.2) is 28.3 Å². The summed E-state index contributed by atoms with van der Waals surface area (Å²) in [5.41, 5.74) is 1.35. The maximum absolute atomic E-state index is 12.6. The Morgan fingerprint density at radius 3 is 2.75 bits per heavy atom. The second-order valence-corrected chi connectivity index (χ2v) is 5.59. The summed E-state index contributed by atoms with van der Waals surface area (Å²) in [4.78, 5) is 12.6. The van der Waals surface area contributed by atoms with Crippen LogP contribution in [0.2, 0.25) is 0 Å². The van der Waals surface area contributed by atoms with Crippen LogP contribution in [-0.2, 0) is 23.0 Å². The number of hydrogen-bond donors (Lipinski definition) is 0. The van der Waals surface area contributed by atoms with Gasteiger partial charge in [-0.2, -0.15) is 5.10 Å². The molecule has 20 heavy (non-hydrogen) atoms. The highest BCUT2D eigenvalue weighted by atomic mass is 16.5. The van der Waals surface area contributed by atoms with E-state index < -0.39 is 5.60 Å². The third kappa shape index (κ3) is 2.04. The van der Waals surface area contributed by atoms with Gasteiger partial charge >= 0.3 is 0 Å². The summed E-state index contributed by atoms with van der Waals surface area (Å²) in [6.07, 6.45) is 4.18. The average molecular weight is 272 g/mol. The van der Waals surface area contributed by atoms with Gasteiger partial charge in [-0.05, 0) is 31.7 Å². The van der Waals surface area contributed by atoms with Crippen LogP contribution in [0.25, 0.3) is 10.9 Å². The second kappa shape index (κ2) is 5.02. The molecular formula is C16H20N2O2. The Hall–Kier alpha value is -1.68. The fourth-order valence-electron chi connectivity index (χ4n) is 3.28. The number of ether oxygens (including phenoxy) is 1. The van der Waals surface area contributed by atoms with E-state index in [0.717, 1.165) is 42.3 Å². The Labute approximate surface area is 118 Å². The van der Waals surface area contributed by atoms with Gasteiger partial charge in [0, 0.05) is 19.5 Å². The summed E-state index contributed by atoms with van der Waals surface area (Å²) < 4.78 is 7.41. The van der Waals surface area contributed by atoms with Gasteiger partial charge in [0.15, 0.2) is 5.78 Å². The lowest BCUT2D eigenvalue weighted by atomic mass is 9.92. The average Bonchev–Trinajstić information content (AvgIpc) is 3.06. The molecule has 0 saturated heterocycles. The maximum atomic E-state index is 12.6. The third-order valence-electron chi connectivity index (χ3n) is 4.47. The Morgan fingerprint density at radius 1 is 1.35 bits per heavy atom. The van der Waals surface area contributed by atoms with E-state index in [1.807, 2.05) is 36.0 Å². The van der Waals surface area contributed by atoms with Crippen LogP contribution in [0.15, 0.2) is 24.3 Å². The number of fused-ring (bicyclic) bond motifs is 1. The molecule has 0 atom stereocenters. The molecule has 1 heterocycles. The topological polar surface area (TPSA) is 44.1 Å². The fourth-order valence-corrected chi connectivity index (χ4v) is 3.28. The summed E-state index contributed by atoms with van der Waals surface area (Å²) in [7, 11) is 3.57. The minimum absolute atomic E-state index is 0.168. The van der Waals surface area contributed by atoms with Gasteiger partial charge in [0.2, 0.25) is 0 Å². The molecule has 2 aromatic rings. The Balaban J connectivity index is 1.91. The summed E-state index contributed by atoms with van der Waals surface area (Å²) in [6.45, 7) is 0. The van der Waals surface area contributed by atoms with Gasteiger partial charge in [0.25, 0.3) is 0 Å². The zero-order valence-electron chi connectivity index (χ0n) is 12.1. The molecule has 0 aliphatic heterocycles. The lowest BCUT2D eigenvalue weighted by Gasteiger charge is -2.25. The van der Waals surface area contributed by atoms with Crippen LogP contribution < -0.4 is 0 Å². The van der Waals surface area contributed by atoms with Crippen molar-refractivity contribution >= 4 is 16.7 Å². The van der Waals surface area contributed by atoms with Gasteiger partial charge in [-0.15, -0.1) is 0 Å². The number of aromatic nitrogens is 2. The molecule has 0 spiro atoms. The Bertz CT molecular complexity index is 639. The zero-order valence-corrected chi connectivity index (χ0v) is 12.1. The van der Waals surface area contributed by atoms with E-state index in [0.29, 0.717) is 6.42 Å². The van der Waals surface area contributed by atoms with E-state index in [4.69, 9.17) is 4.74 Å². The summed E-state index contributed by atoms with van der Waals surface area (Å²) in [5, 5.41) is 5.57. The SMILES string of the molecule is COC1(C(=O)Cc2nn(C)c3ccccc23)CCCC1. The molecule has 1 aromatic heterocycles. The summed E-state index contributed by atoms with van der Waals surface area (Å²) in [6, 6.07) is 8.03. The number of para-hydroxylation sites is 1. The van der Waals surface area contributed by atoms with Crippen molar-refractivity contribution in [2.75, 3.05) is 7.11 Å². The van der Waals surface area contributed by atoms with Crippen LogP contribution in [0, 0.1) is 0 Å². The van der Waals surface area contributed by atoms with Crippen molar-refractivity contribution in [1.29, 1.82) is 0 Å². The second-order valence-electron chi connectivity index (χ2n) is 5.59. The normalized spacial score (nSPS) is 17.7. The zero-order chi connectivity index (χ0) is 14.2. The van der Waals surface area contributed by atoms with Crippen LogP contribution in [0.3, 0.4) is 0 Å². The molecule has 4 nitrogen and oxygen atoms in total. The van der Waals surface area contributed by atoms with Gasteiger partial charge in [0.1, 0.15) is 5.60 Å².